The molecule has 0 heterocycles. The van der Waals surface area contributed by atoms with Gasteiger partial charge in [0, 0.05) is 5.02 Å². The average Bonchev–Trinajstić information content (AvgIpc) is 1.88. The van der Waals surface area contributed by atoms with Crippen LogP contribution in [0.1, 0.15) is 5.56 Å². The fourth-order valence-electron chi connectivity index (χ4n) is 0.673. The number of nitrogens with two attached hydrogens (primary N) is 1. The monoisotopic (exact) mass is 154 g/mol. The molecular weight excluding hydrogens is 148 g/mol. The minimum atomic E-state index is 0.692. The molecule has 0 spiro atoms. The minimum Gasteiger partial charge on any atom is -0.323 e. The molecule has 0 fully saturated rings. The second-order valence-electron chi connectivity index (χ2n) is 1.83. The number of halogens is 1. The summed E-state index contributed by atoms with van der Waals surface area (Å²) in [7, 11) is 0. The fraction of sp³-hybridized carbons (Fsp3) is 0. The van der Waals surface area contributed by atoms with Gasteiger partial charge >= 0.3 is 0 Å². The van der Waals surface area contributed by atoms with Gasteiger partial charge in [0.15, 0.2) is 0 Å². The van der Waals surface area contributed by atoms with Gasteiger partial charge in [0.25, 0.3) is 0 Å². The van der Waals surface area contributed by atoms with Crippen LogP contribution in [0.15, 0.2) is 29.4 Å². The van der Waals surface area contributed by atoms with Gasteiger partial charge in [-0.3, -0.25) is 0 Å². The Hall–Kier alpha value is -1.02. The van der Waals surface area contributed by atoms with E-state index in [1.165, 1.54) is 0 Å². The van der Waals surface area contributed by atoms with Crippen molar-refractivity contribution in [1.29, 1.82) is 0 Å². The highest BCUT2D eigenvalue weighted by Gasteiger charge is 1.87. The molecule has 0 aliphatic carbocycles. The largest absolute Gasteiger partial charge is 0.323 e. The molecule has 10 heavy (non-hydrogen) atoms. The summed E-state index contributed by atoms with van der Waals surface area (Å²) in [5.74, 6) is 4.94. The van der Waals surface area contributed by atoms with Crippen LogP contribution in [0.3, 0.4) is 0 Å². The van der Waals surface area contributed by atoms with Gasteiger partial charge in [-0.15, -0.1) is 0 Å². The smallest absolute Gasteiger partial charge is 0.0538 e. The van der Waals surface area contributed by atoms with Gasteiger partial charge in [0.2, 0.25) is 0 Å². The first-order valence-electron chi connectivity index (χ1n) is 2.82. The van der Waals surface area contributed by atoms with Crippen molar-refractivity contribution in [2.45, 2.75) is 0 Å². The highest BCUT2D eigenvalue weighted by Crippen LogP contribution is 2.08. The van der Waals surface area contributed by atoms with Gasteiger partial charge in [-0.1, -0.05) is 23.7 Å². The third-order valence-corrected chi connectivity index (χ3v) is 1.31. The van der Waals surface area contributed by atoms with Crippen LogP contribution in [0.2, 0.25) is 5.02 Å². The topological polar surface area (TPSA) is 38.4 Å². The summed E-state index contributed by atoms with van der Waals surface area (Å²) >= 11 is 5.68. The molecule has 0 saturated carbocycles. The van der Waals surface area contributed by atoms with Gasteiger partial charge in [0.1, 0.15) is 0 Å². The van der Waals surface area contributed by atoms with Crippen LogP contribution in [-0.4, -0.2) is 6.21 Å². The van der Waals surface area contributed by atoms with Crippen LogP contribution in [0.4, 0.5) is 0 Å². The molecule has 0 radical (unpaired) electrons. The lowest BCUT2D eigenvalue weighted by Crippen LogP contribution is -1.84. The molecule has 0 aliphatic rings. The summed E-state index contributed by atoms with van der Waals surface area (Å²) in [6.07, 6.45) is 1.55. The molecule has 0 amide bonds. The molecule has 1 aromatic rings. The van der Waals surface area contributed by atoms with Gasteiger partial charge in [-0.05, 0) is 17.7 Å². The van der Waals surface area contributed by atoms with E-state index >= 15 is 0 Å². The van der Waals surface area contributed by atoms with Crippen LogP contribution in [-0.2, 0) is 0 Å². The third kappa shape index (κ3) is 1.74. The second-order valence-corrected chi connectivity index (χ2v) is 2.27. The van der Waals surface area contributed by atoms with E-state index in [1.54, 1.807) is 18.3 Å². The SMILES string of the molecule is N/N=C/c1cccc(Cl)c1. The lowest BCUT2D eigenvalue weighted by molar-refractivity contribution is 1.26. The zero-order chi connectivity index (χ0) is 7.40. The summed E-state index contributed by atoms with van der Waals surface area (Å²) in [6, 6.07) is 7.31. The number of hydrazone groups is 1. The van der Waals surface area contributed by atoms with Crippen molar-refractivity contribution in [2.24, 2.45) is 10.9 Å². The number of benzene rings is 1. The van der Waals surface area contributed by atoms with E-state index in [1.807, 2.05) is 12.1 Å². The van der Waals surface area contributed by atoms with Crippen molar-refractivity contribution in [3.8, 4) is 0 Å². The van der Waals surface area contributed by atoms with E-state index in [9.17, 15) is 0 Å². The molecule has 0 aliphatic heterocycles. The first-order valence-corrected chi connectivity index (χ1v) is 3.19. The van der Waals surface area contributed by atoms with Crippen molar-refractivity contribution in [1.82, 2.24) is 0 Å². The Morgan fingerprint density at radius 2 is 2.30 bits per heavy atom. The molecule has 0 unspecified atom stereocenters. The quantitative estimate of drug-likeness (QED) is 0.373. The first kappa shape index (κ1) is 7.09. The van der Waals surface area contributed by atoms with Crippen LogP contribution >= 0.6 is 11.6 Å². The second kappa shape index (κ2) is 3.22. The van der Waals surface area contributed by atoms with E-state index in [2.05, 4.69) is 5.10 Å². The molecule has 0 aromatic heterocycles. The van der Waals surface area contributed by atoms with Crippen LogP contribution < -0.4 is 5.84 Å². The molecule has 2 N–H and O–H groups in total. The van der Waals surface area contributed by atoms with Crippen molar-refractivity contribution < 1.29 is 0 Å². The predicted molar refractivity (Wildman–Crippen MR) is 43.2 cm³/mol. The lowest BCUT2D eigenvalue weighted by atomic mass is 10.2. The summed E-state index contributed by atoms with van der Waals surface area (Å²) < 4.78 is 0. The lowest BCUT2D eigenvalue weighted by Gasteiger charge is -1.90. The van der Waals surface area contributed by atoms with Crippen molar-refractivity contribution in [2.75, 3.05) is 0 Å². The van der Waals surface area contributed by atoms with Crippen LogP contribution in [0, 0.1) is 0 Å². The van der Waals surface area contributed by atoms with Gasteiger partial charge in [0.05, 0.1) is 6.21 Å². The highest BCUT2D eigenvalue weighted by atomic mass is 35.5. The molecule has 3 heteroatoms. The number of rotatable bonds is 1. The Morgan fingerprint density at radius 3 is 2.90 bits per heavy atom. The Bertz CT molecular complexity index is 245. The molecular formula is C7H7ClN2. The van der Waals surface area contributed by atoms with Crippen molar-refractivity contribution >= 4 is 17.8 Å². The van der Waals surface area contributed by atoms with Crippen LogP contribution in [0.25, 0.3) is 0 Å². The number of hydrogen-bond acceptors (Lipinski definition) is 2. The molecule has 2 nitrogen and oxygen atoms in total. The van der Waals surface area contributed by atoms with E-state index in [4.69, 9.17) is 17.4 Å². The average molecular weight is 155 g/mol. The summed E-state index contributed by atoms with van der Waals surface area (Å²) in [6.45, 7) is 0. The van der Waals surface area contributed by atoms with Gasteiger partial charge in [-0.2, -0.15) is 5.10 Å². The third-order valence-electron chi connectivity index (χ3n) is 1.07. The standard InChI is InChI=1S/C7H7ClN2/c8-7-3-1-2-6(4-7)5-10-9/h1-5H,9H2/b10-5+. The zero-order valence-corrected chi connectivity index (χ0v) is 6.05. The van der Waals surface area contributed by atoms with E-state index in [0.29, 0.717) is 5.02 Å². The molecule has 1 aromatic carbocycles. The minimum absolute atomic E-state index is 0.692. The normalized spacial score (nSPS) is 10.5. The maximum atomic E-state index is 5.68. The Labute approximate surface area is 64.3 Å². The Balaban J connectivity index is 2.95. The number of nitrogens with zero attached hydrogens (tertiary/aromatic N) is 1. The molecule has 0 bridgehead atoms. The first-order chi connectivity index (χ1) is 4.83. The molecule has 52 valence electrons. The van der Waals surface area contributed by atoms with E-state index < -0.39 is 0 Å². The molecule has 1 rings (SSSR count). The molecule has 0 atom stereocenters. The highest BCUT2D eigenvalue weighted by molar-refractivity contribution is 6.30. The van der Waals surface area contributed by atoms with Crippen LogP contribution in [0.5, 0.6) is 0 Å². The van der Waals surface area contributed by atoms with Gasteiger partial charge < -0.3 is 5.84 Å². The van der Waals surface area contributed by atoms with E-state index in [-0.39, 0.29) is 0 Å². The maximum absolute atomic E-state index is 5.68. The van der Waals surface area contributed by atoms with E-state index in [0.717, 1.165) is 5.56 Å². The van der Waals surface area contributed by atoms with Gasteiger partial charge in [-0.25, -0.2) is 0 Å². The molecule has 0 saturated heterocycles. The maximum Gasteiger partial charge on any atom is 0.0538 e. The predicted octanol–water partition coefficient (Wildman–Crippen LogP) is 1.63. The summed E-state index contributed by atoms with van der Waals surface area (Å²) in [4.78, 5) is 0. The Morgan fingerprint density at radius 1 is 1.50 bits per heavy atom. The Kier molecular flexibility index (Phi) is 2.29. The van der Waals surface area contributed by atoms with Crippen molar-refractivity contribution in [3.05, 3.63) is 34.9 Å². The number of hydrogen-bond donors (Lipinski definition) is 1. The fourth-order valence-corrected chi connectivity index (χ4v) is 0.872. The van der Waals surface area contributed by atoms with Crippen molar-refractivity contribution in [3.63, 3.8) is 0 Å². The zero-order valence-electron chi connectivity index (χ0n) is 5.29. The summed E-state index contributed by atoms with van der Waals surface area (Å²) in [5.41, 5.74) is 0.912. The summed E-state index contributed by atoms with van der Waals surface area (Å²) in [5, 5.41) is 4.06.